The Kier molecular flexibility index (Phi) is 6.21. The Morgan fingerprint density at radius 1 is 0.875 bits per heavy atom. The summed E-state index contributed by atoms with van der Waals surface area (Å²) in [6.45, 7) is 7.66. The number of nitrogens with two attached hydrogens (primary N) is 1. The molecule has 148 valence electrons. The van der Waals surface area contributed by atoms with Crippen LogP contribution in [0.15, 0.2) is 16.4 Å². The summed E-state index contributed by atoms with van der Waals surface area (Å²) in [5.74, 6) is 0. The second-order valence-corrected chi connectivity index (χ2v) is 5.72. The molecule has 0 saturated carbocycles. The van der Waals surface area contributed by atoms with Crippen molar-refractivity contribution in [3.05, 3.63) is 33.2 Å². The fourth-order valence-corrected chi connectivity index (χ4v) is 2.43. The highest BCUT2D eigenvalue weighted by Crippen LogP contribution is 2.22. The van der Waals surface area contributed by atoms with Crippen LogP contribution in [-0.4, -0.2) is 21.4 Å². The zero-order valence-corrected chi connectivity index (χ0v) is 16.0. The topological polar surface area (TPSA) is 243 Å². The van der Waals surface area contributed by atoms with Gasteiger partial charge in [0.05, 0.1) is 22.4 Å². The molecule has 4 N–H and O–H groups in total. The van der Waals surface area contributed by atoms with Gasteiger partial charge in [0.25, 0.3) is 0 Å². The van der Waals surface area contributed by atoms with Crippen molar-refractivity contribution < 1.29 is 0 Å². The van der Waals surface area contributed by atoms with Gasteiger partial charge in [0.1, 0.15) is 42.1 Å². The van der Waals surface area contributed by atoms with Crippen molar-refractivity contribution in [1.29, 1.82) is 37.0 Å². The van der Waals surface area contributed by atoms with E-state index in [-0.39, 0.29) is 49.9 Å². The first-order valence-electron chi connectivity index (χ1n) is 8.18. The molecule has 0 bridgehead atoms. The van der Waals surface area contributed by atoms with Crippen molar-refractivity contribution >= 4 is 47.0 Å². The van der Waals surface area contributed by atoms with E-state index in [1.807, 2.05) is 0 Å². The number of aromatic nitrogens is 2. The maximum absolute atomic E-state index is 9.35. The molecule has 0 aliphatic heterocycles. The predicted octanol–water partition coefficient (Wildman–Crippen LogP) is -0.0375. The normalized spacial score (nSPS) is 10.9. The van der Waals surface area contributed by atoms with E-state index in [1.165, 1.54) is 6.07 Å². The Morgan fingerprint density at radius 3 is 1.88 bits per heavy atom. The predicted molar refractivity (Wildman–Crippen MR) is 111 cm³/mol. The summed E-state index contributed by atoms with van der Waals surface area (Å²) in [6.07, 6.45) is 0. The zero-order chi connectivity index (χ0) is 24.0. The Morgan fingerprint density at radius 2 is 1.44 bits per heavy atom. The van der Waals surface area contributed by atoms with Gasteiger partial charge in [-0.2, -0.15) is 31.6 Å². The van der Waals surface area contributed by atoms with Crippen LogP contribution in [0.4, 0.5) is 11.4 Å². The van der Waals surface area contributed by atoms with E-state index in [1.54, 1.807) is 30.3 Å². The number of fused-ring (bicyclic) bond motifs is 1. The summed E-state index contributed by atoms with van der Waals surface area (Å²) in [5, 5.41) is 65.3. The quantitative estimate of drug-likeness (QED) is 0.443. The van der Waals surface area contributed by atoms with Crippen molar-refractivity contribution in [2.45, 2.75) is 0 Å². The SMILES string of the molecule is C=c1c(N=C(C#N)C(=N)C#N)c(N/C(C#N)=C(\N)C#N)c(=C)c2nc(C#N)c(C#N)nc12. The number of nitriles is 6. The van der Waals surface area contributed by atoms with Crippen LogP contribution >= 0.6 is 0 Å². The molecule has 1 heterocycles. The van der Waals surface area contributed by atoms with Gasteiger partial charge in [0, 0.05) is 10.4 Å². The number of nitrogens with zero attached hydrogens (tertiary/aromatic N) is 9. The van der Waals surface area contributed by atoms with Crippen LogP contribution in [-0.2, 0) is 0 Å². The number of nitrogens with one attached hydrogen (secondary N) is 2. The molecule has 0 radical (unpaired) electrons. The minimum atomic E-state index is -0.750. The molecule has 0 aliphatic rings. The van der Waals surface area contributed by atoms with Crippen LogP contribution < -0.4 is 21.5 Å². The van der Waals surface area contributed by atoms with Crippen LogP contribution in [0, 0.1) is 73.4 Å². The van der Waals surface area contributed by atoms with Crippen LogP contribution in [0.2, 0.25) is 0 Å². The van der Waals surface area contributed by atoms with Gasteiger partial charge in [-0.05, 0) is 0 Å². The molecular weight excluding hydrogens is 408 g/mol. The fourth-order valence-electron chi connectivity index (χ4n) is 2.43. The number of allylic oxidation sites excluding steroid dienone is 2. The summed E-state index contributed by atoms with van der Waals surface area (Å²) >= 11 is 0. The lowest BCUT2D eigenvalue weighted by atomic mass is 10.1. The monoisotopic (exact) mass is 416 g/mol. The number of benzene rings is 1. The van der Waals surface area contributed by atoms with Gasteiger partial charge in [0.15, 0.2) is 28.5 Å². The molecule has 32 heavy (non-hydrogen) atoms. The maximum Gasteiger partial charge on any atom is 0.177 e. The van der Waals surface area contributed by atoms with Crippen LogP contribution in [0.1, 0.15) is 11.4 Å². The molecule has 0 saturated heterocycles. The highest BCUT2D eigenvalue weighted by molar-refractivity contribution is 6.52. The molecule has 1 aromatic carbocycles. The molecule has 0 atom stereocenters. The van der Waals surface area contributed by atoms with Crippen molar-refractivity contribution in [3.63, 3.8) is 0 Å². The third-order valence-electron chi connectivity index (χ3n) is 3.93. The van der Waals surface area contributed by atoms with Crippen molar-refractivity contribution in [2.24, 2.45) is 10.7 Å². The number of aliphatic imine (C=N–C) groups is 1. The highest BCUT2D eigenvalue weighted by Gasteiger charge is 2.19. The van der Waals surface area contributed by atoms with E-state index in [2.05, 4.69) is 33.4 Å². The van der Waals surface area contributed by atoms with E-state index in [0.717, 1.165) is 0 Å². The van der Waals surface area contributed by atoms with Gasteiger partial charge >= 0.3 is 0 Å². The van der Waals surface area contributed by atoms with Crippen LogP contribution in [0.25, 0.3) is 24.2 Å². The number of anilines is 1. The van der Waals surface area contributed by atoms with Crippen molar-refractivity contribution in [3.8, 4) is 36.4 Å². The molecule has 2 rings (SSSR count). The van der Waals surface area contributed by atoms with E-state index < -0.39 is 17.1 Å². The molecule has 0 unspecified atom stereocenters. The Hall–Kier alpha value is -6.08. The molecular formula is C20H8N12. The summed E-state index contributed by atoms with van der Waals surface area (Å²) in [5.41, 5.74) is 2.53. The lowest BCUT2D eigenvalue weighted by Crippen LogP contribution is -2.22. The lowest BCUT2D eigenvalue weighted by Gasteiger charge is -2.13. The Labute approximate surface area is 180 Å². The van der Waals surface area contributed by atoms with Gasteiger partial charge < -0.3 is 11.1 Å². The summed E-state index contributed by atoms with van der Waals surface area (Å²) in [7, 11) is 0. The first kappa shape index (κ1) is 22.2. The average molecular weight is 416 g/mol. The van der Waals surface area contributed by atoms with Gasteiger partial charge in [-0.1, -0.05) is 13.2 Å². The summed E-state index contributed by atoms with van der Waals surface area (Å²) in [4.78, 5) is 12.2. The second-order valence-electron chi connectivity index (χ2n) is 5.72. The molecule has 0 aliphatic carbocycles. The Balaban J connectivity index is 3.15. The molecule has 0 amide bonds. The van der Waals surface area contributed by atoms with Crippen molar-refractivity contribution in [2.75, 3.05) is 5.32 Å². The smallest absolute Gasteiger partial charge is 0.177 e. The molecule has 12 heteroatoms. The second kappa shape index (κ2) is 8.95. The third-order valence-corrected chi connectivity index (χ3v) is 3.93. The lowest BCUT2D eigenvalue weighted by molar-refractivity contribution is 1.18. The van der Waals surface area contributed by atoms with Gasteiger partial charge in [-0.15, -0.1) is 0 Å². The largest absolute Gasteiger partial charge is 0.388 e. The first-order valence-corrected chi connectivity index (χ1v) is 8.18. The van der Waals surface area contributed by atoms with E-state index in [9.17, 15) is 21.0 Å². The molecule has 0 spiro atoms. The van der Waals surface area contributed by atoms with Crippen LogP contribution in [0.3, 0.4) is 0 Å². The molecule has 12 nitrogen and oxygen atoms in total. The first-order chi connectivity index (χ1) is 15.3. The van der Waals surface area contributed by atoms with E-state index >= 15 is 0 Å². The number of hydrogen-bond acceptors (Lipinski definition) is 12. The fraction of sp³-hybridized carbons (Fsp3) is 0. The average Bonchev–Trinajstić information content (AvgIpc) is 2.82. The van der Waals surface area contributed by atoms with E-state index in [0.29, 0.717) is 0 Å². The van der Waals surface area contributed by atoms with Crippen molar-refractivity contribution in [1.82, 2.24) is 9.97 Å². The van der Waals surface area contributed by atoms with E-state index in [4.69, 9.17) is 21.7 Å². The minimum absolute atomic E-state index is 0.00590. The van der Waals surface area contributed by atoms with Gasteiger partial charge in [0.2, 0.25) is 0 Å². The summed E-state index contributed by atoms with van der Waals surface area (Å²) < 4.78 is 0. The number of rotatable bonds is 4. The molecule has 1 aromatic heterocycles. The van der Waals surface area contributed by atoms with Gasteiger partial charge in [-0.25, -0.2) is 15.0 Å². The highest BCUT2D eigenvalue weighted by atomic mass is 15.0. The van der Waals surface area contributed by atoms with Gasteiger partial charge in [-0.3, -0.25) is 5.41 Å². The minimum Gasteiger partial charge on any atom is -0.388 e. The number of hydrogen-bond donors (Lipinski definition) is 3. The summed E-state index contributed by atoms with van der Waals surface area (Å²) in [6, 6.07) is 9.86. The van der Waals surface area contributed by atoms with Crippen LogP contribution in [0.5, 0.6) is 0 Å². The third kappa shape index (κ3) is 3.75. The molecule has 0 fully saturated rings. The standard InChI is InChI=1S/C20H8N12/c1-9-17(29-13(5-23)11(27)3-21)18(30-14(6-24)12(28)4-22)10(2)20-19(9)31-15(7-25)16(8-26)32-20/h27,30H,1-2,28H2/b14-12-,27-11?,29-13?. The molecule has 2 aromatic rings. The zero-order valence-electron chi connectivity index (χ0n) is 16.0. The maximum atomic E-state index is 9.35. The Bertz CT molecular complexity index is 1620.